The van der Waals surface area contributed by atoms with Gasteiger partial charge in [0.1, 0.15) is 6.04 Å². The fourth-order valence-electron chi connectivity index (χ4n) is 2.52. The van der Waals surface area contributed by atoms with Crippen LogP contribution in [0.15, 0.2) is 46.9 Å². The summed E-state index contributed by atoms with van der Waals surface area (Å²) in [5.74, 6) is -0.0309. The van der Waals surface area contributed by atoms with Gasteiger partial charge in [-0.25, -0.2) is 0 Å². The van der Waals surface area contributed by atoms with Crippen molar-refractivity contribution in [3.63, 3.8) is 0 Å². The smallest absolute Gasteiger partial charge is 0.251 e. The van der Waals surface area contributed by atoms with E-state index < -0.39 is 0 Å². The molecule has 0 bridgehead atoms. The van der Waals surface area contributed by atoms with Crippen molar-refractivity contribution in [2.75, 3.05) is 29.6 Å². The molecule has 2 aromatic rings. The number of para-hydroxylation sites is 2. The Labute approximate surface area is 132 Å². The summed E-state index contributed by atoms with van der Waals surface area (Å²) in [6, 6.07) is 13.4. The van der Waals surface area contributed by atoms with E-state index in [1.807, 2.05) is 61.5 Å². The van der Waals surface area contributed by atoms with Crippen molar-refractivity contribution in [3.05, 3.63) is 52.5 Å². The molecule has 1 heterocycles. The molecule has 1 aliphatic rings. The monoisotopic (exact) mass is 345 g/mol. The number of nitrogens with zero attached hydrogens (tertiary/aromatic N) is 1. The Morgan fingerprint density at radius 3 is 2.71 bits per heavy atom. The standard InChI is InChI=1S/C16H16BrN3O/c1-20(2)14-6-4-3-5-12(14)18-15-11-8-7-10(17)9-13(11)19-16(15)21/h3-9,15,18H,1-2H3,(H,19,21). The van der Waals surface area contributed by atoms with Gasteiger partial charge in [0.25, 0.3) is 5.91 Å². The lowest BCUT2D eigenvalue weighted by molar-refractivity contribution is -0.116. The molecular weight excluding hydrogens is 330 g/mol. The number of nitrogens with one attached hydrogen (secondary N) is 2. The minimum absolute atomic E-state index is 0.0309. The normalized spacial score (nSPS) is 16.3. The molecule has 1 atom stereocenters. The summed E-state index contributed by atoms with van der Waals surface area (Å²) < 4.78 is 0.955. The van der Waals surface area contributed by atoms with E-state index in [1.165, 1.54) is 0 Å². The van der Waals surface area contributed by atoms with Crippen LogP contribution in [0.3, 0.4) is 0 Å². The predicted octanol–water partition coefficient (Wildman–Crippen LogP) is 3.62. The fraction of sp³-hybridized carbons (Fsp3) is 0.188. The third kappa shape index (κ3) is 2.61. The zero-order chi connectivity index (χ0) is 15.0. The molecular formula is C16H16BrN3O. The van der Waals surface area contributed by atoms with Gasteiger partial charge in [-0.05, 0) is 24.3 Å². The lowest BCUT2D eigenvalue weighted by Gasteiger charge is -2.21. The molecule has 5 heteroatoms. The number of halogens is 1. The Hall–Kier alpha value is -2.01. The Bertz CT molecular complexity index is 700. The molecule has 0 saturated carbocycles. The lowest BCUT2D eigenvalue weighted by Crippen LogP contribution is -2.21. The zero-order valence-electron chi connectivity index (χ0n) is 11.9. The summed E-state index contributed by atoms with van der Waals surface area (Å²) in [6.07, 6.45) is 0. The van der Waals surface area contributed by atoms with Crippen molar-refractivity contribution >= 4 is 38.9 Å². The van der Waals surface area contributed by atoms with Crippen LogP contribution in [0.1, 0.15) is 11.6 Å². The highest BCUT2D eigenvalue weighted by Gasteiger charge is 2.30. The highest BCUT2D eigenvalue weighted by Crippen LogP contribution is 2.36. The molecule has 2 aromatic carbocycles. The summed E-state index contributed by atoms with van der Waals surface area (Å²) in [4.78, 5) is 14.3. The van der Waals surface area contributed by atoms with Crippen molar-refractivity contribution in [2.45, 2.75) is 6.04 Å². The number of benzene rings is 2. The molecule has 0 saturated heterocycles. The Morgan fingerprint density at radius 1 is 1.19 bits per heavy atom. The van der Waals surface area contributed by atoms with Gasteiger partial charge in [-0.15, -0.1) is 0 Å². The van der Waals surface area contributed by atoms with Gasteiger partial charge >= 0.3 is 0 Å². The second-order valence-corrected chi connectivity index (χ2v) is 6.13. The molecule has 108 valence electrons. The van der Waals surface area contributed by atoms with Gasteiger partial charge in [-0.3, -0.25) is 4.79 Å². The Balaban J connectivity index is 1.95. The molecule has 21 heavy (non-hydrogen) atoms. The van der Waals surface area contributed by atoms with Crippen molar-refractivity contribution in [2.24, 2.45) is 0 Å². The summed E-state index contributed by atoms with van der Waals surface area (Å²) in [6.45, 7) is 0. The van der Waals surface area contributed by atoms with E-state index in [9.17, 15) is 4.79 Å². The summed E-state index contributed by atoms with van der Waals surface area (Å²) in [5, 5.41) is 6.26. The van der Waals surface area contributed by atoms with Crippen LogP contribution in [-0.4, -0.2) is 20.0 Å². The summed E-state index contributed by atoms with van der Waals surface area (Å²) >= 11 is 3.42. The first-order valence-corrected chi connectivity index (χ1v) is 7.49. The second kappa shape index (κ2) is 5.41. The van der Waals surface area contributed by atoms with Crippen LogP contribution in [0.5, 0.6) is 0 Å². The van der Waals surface area contributed by atoms with Crippen molar-refractivity contribution in [1.82, 2.24) is 0 Å². The topological polar surface area (TPSA) is 44.4 Å². The Morgan fingerprint density at radius 2 is 1.95 bits per heavy atom. The lowest BCUT2D eigenvalue weighted by atomic mass is 10.1. The molecule has 4 nitrogen and oxygen atoms in total. The molecule has 0 fully saturated rings. The summed E-state index contributed by atoms with van der Waals surface area (Å²) in [7, 11) is 3.97. The molecule has 0 radical (unpaired) electrons. The molecule has 1 unspecified atom stereocenters. The number of anilines is 3. The van der Waals surface area contributed by atoms with Gasteiger partial charge in [0.2, 0.25) is 0 Å². The number of carbonyl (C=O) groups is 1. The van der Waals surface area contributed by atoms with Gasteiger partial charge < -0.3 is 15.5 Å². The molecule has 0 spiro atoms. The Kier molecular flexibility index (Phi) is 3.59. The van der Waals surface area contributed by atoms with Gasteiger partial charge in [0, 0.05) is 29.8 Å². The first-order valence-electron chi connectivity index (χ1n) is 6.69. The van der Waals surface area contributed by atoms with E-state index >= 15 is 0 Å². The van der Waals surface area contributed by atoms with Gasteiger partial charge in [-0.1, -0.05) is 34.1 Å². The van der Waals surface area contributed by atoms with E-state index in [0.717, 1.165) is 27.1 Å². The quantitative estimate of drug-likeness (QED) is 0.892. The van der Waals surface area contributed by atoms with Gasteiger partial charge in [0.15, 0.2) is 0 Å². The predicted molar refractivity (Wildman–Crippen MR) is 89.9 cm³/mol. The second-order valence-electron chi connectivity index (χ2n) is 5.21. The van der Waals surface area contributed by atoms with Gasteiger partial charge in [-0.2, -0.15) is 0 Å². The van der Waals surface area contributed by atoms with E-state index in [-0.39, 0.29) is 11.9 Å². The van der Waals surface area contributed by atoms with Crippen LogP contribution in [0.25, 0.3) is 0 Å². The molecule has 1 aliphatic heterocycles. The number of fused-ring (bicyclic) bond motifs is 1. The van der Waals surface area contributed by atoms with Crippen LogP contribution in [0.4, 0.5) is 17.1 Å². The third-order valence-corrected chi connectivity index (χ3v) is 4.03. The fourth-order valence-corrected chi connectivity index (χ4v) is 2.88. The van der Waals surface area contributed by atoms with E-state index in [4.69, 9.17) is 0 Å². The number of rotatable bonds is 3. The minimum atomic E-state index is -0.366. The number of hydrogen-bond acceptors (Lipinski definition) is 3. The van der Waals surface area contributed by atoms with Crippen LogP contribution in [0.2, 0.25) is 0 Å². The maximum Gasteiger partial charge on any atom is 0.251 e. The molecule has 0 aromatic heterocycles. The molecule has 1 amide bonds. The average Bonchev–Trinajstić information content (AvgIpc) is 2.74. The van der Waals surface area contributed by atoms with Crippen molar-refractivity contribution in [1.29, 1.82) is 0 Å². The van der Waals surface area contributed by atoms with E-state index in [1.54, 1.807) is 0 Å². The van der Waals surface area contributed by atoms with Crippen LogP contribution < -0.4 is 15.5 Å². The highest BCUT2D eigenvalue weighted by molar-refractivity contribution is 9.10. The number of carbonyl (C=O) groups excluding carboxylic acids is 1. The third-order valence-electron chi connectivity index (χ3n) is 3.53. The number of amides is 1. The number of hydrogen-bond donors (Lipinski definition) is 2. The van der Waals surface area contributed by atoms with E-state index in [2.05, 4.69) is 26.6 Å². The zero-order valence-corrected chi connectivity index (χ0v) is 13.4. The SMILES string of the molecule is CN(C)c1ccccc1NC1C(=O)Nc2cc(Br)ccc21. The summed E-state index contributed by atoms with van der Waals surface area (Å²) in [5.41, 5.74) is 3.82. The highest BCUT2D eigenvalue weighted by atomic mass is 79.9. The van der Waals surface area contributed by atoms with Crippen molar-refractivity contribution < 1.29 is 4.79 Å². The van der Waals surface area contributed by atoms with Crippen LogP contribution >= 0.6 is 15.9 Å². The molecule has 2 N–H and O–H groups in total. The van der Waals surface area contributed by atoms with Crippen LogP contribution in [-0.2, 0) is 4.79 Å². The first-order chi connectivity index (χ1) is 10.1. The molecule has 3 rings (SSSR count). The largest absolute Gasteiger partial charge is 0.376 e. The maximum atomic E-state index is 12.2. The van der Waals surface area contributed by atoms with Crippen molar-refractivity contribution in [3.8, 4) is 0 Å². The van der Waals surface area contributed by atoms with Gasteiger partial charge in [0.05, 0.1) is 11.4 Å². The van der Waals surface area contributed by atoms with E-state index in [0.29, 0.717) is 0 Å². The molecule has 0 aliphatic carbocycles. The van der Waals surface area contributed by atoms with Crippen LogP contribution in [0, 0.1) is 0 Å². The minimum Gasteiger partial charge on any atom is -0.376 e. The maximum absolute atomic E-state index is 12.2. The average molecular weight is 346 g/mol. The first kappa shape index (κ1) is 13.9.